The van der Waals surface area contributed by atoms with Gasteiger partial charge in [-0.2, -0.15) is 0 Å². The first-order valence-electron chi connectivity index (χ1n) is 5.96. The number of nitrogens with zero attached hydrogens (tertiary/aromatic N) is 4. The summed E-state index contributed by atoms with van der Waals surface area (Å²) in [5, 5.41) is 7.28. The molecular weight excluding hydrogens is 360 g/mol. The maximum atomic E-state index is 12.2. The number of hydrogen-bond donors (Lipinski definition) is 2. The van der Waals surface area contributed by atoms with Crippen molar-refractivity contribution in [2.24, 2.45) is 7.05 Å². The van der Waals surface area contributed by atoms with E-state index in [-0.39, 0.29) is 16.2 Å². The van der Waals surface area contributed by atoms with E-state index in [1.165, 1.54) is 11.7 Å². The summed E-state index contributed by atoms with van der Waals surface area (Å²) in [5.41, 5.74) is 1.64. The van der Waals surface area contributed by atoms with Gasteiger partial charge in [0.1, 0.15) is 5.82 Å². The van der Waals surface area contributed by atoms with Crippen molar-refractivity contribution in [1.82, 2.24) is 29.7 Å². The molecule has 3 aromatic rings. The fourth-order valence-electron chi connectivity index (χ4n) is 1.93. The molecule has 21 heavy (non-hydrogen) atoms. The smallest absolute Gasteiger partial charge is 0.260 e. The summed E-state index contributed by atoms with van der Waals surface area (Å²) >= 11 is 3.07. The normalized spacial score (nSPS) is 12.1. The molecule has 10 heteroatoms. The molecule has 0 radical (unpaired) electrons. The predicted molar refractivity (Wildman–Crippen MR) is 78.8 cm³/mol. The van der Waals surface area contributed by atoms with E-state index in [0.717, 1.165) is 11.0 Å². The largest absolute Gasteiger partial charge is 0.341 e. The third-order valence-corrected chi connectivity index (χ3v) is 5.15. The molecule has 0 aliphatic rings. The Hall–Kier alpha value is -1.78. The maximum Gasteiger partial charge on any atom is 0.260 e. The number of fused-ring (bicyclic) bond motifs is 1. The standard InChI is InChI=1S/C11H11BrN6O2S/c1-18-11(10(12)16-17-18)21(19,20)13-6-9-14-7-4-2-3-5-8(7)15-9/h2-5,13H,6H2,1H3,(H,14,15). The van der Waals surface area contributed by atoms with Gasteiger partial charge in [0, 0.05) is 7.05 Å². The molecule has 8 nitrogen and oxygen atoms in total. The molecule has 3 rings (SSSR count). The van der Waals surface area contributed by atoms with Gasteiger partial charge in [0.25, 0.3) is 10.0 Å². The zero-order chi connectivity index (χ0) is 15.0. The van der Waals surface area contributed by atoms with Crippen LogP contribution in [0, 0.1) is 0 Å². The van der Waals surface area contributed by atoms with Crippen molar-refractivity contribution < 1.29 is 8.42 Å². The molecule has 0 saturated heterocycles. The van der Waals surface area contributed by atoms with Gasteiger partial charge in [-0.25, -0.2) is 22.8 Å². The number of aromatic amines is 1. The molecule has 1 aromatic carbocycles. The number of halogens is 1. The molecule has 0 amide bonds. The number of para-hydroxylation sites is 2. The average molecular weight is 371 g/mol. The van der Waals surface area contributed by atoms with E-state index in [2.05, 4.69) is 40.9 Å². The third kappa shape index (κ3) is 2.69. The Morgan fingerprint density at radius 3 is 2.81 bits per heavy atom. The SMILES string of the molecule is Cn1nnc(Br)c1S(=O)(=O)NCc1nc2ccccc2[nH]1. The summed E-state index contributed by atoms with van der Waals surface area (Å²) in [5.74, 6) is 0.533. The molecule has 0 fully saturated rings. The second-order valence-electron chi connectivity index (χ2n) is 4.33. The van der Waals surface area contributed by atoms with Crippen LogP contribution in [-0.4, -0.2) is 33.4 Å². The molecule has 0 aliphatic carbocycles. The minimum atomic E-state index is -3.73. The molecule has 110 valence electrons. The van der Waals surface area contributed by atoms with E-state index < -0.39 is 10.0 Å². The summed E-state index contributed by atoms with van der Waals surface area (Å²) in [6.45, 7) is 0.0502. The van der Waals surface area contributed by atoms with Crippen molar-refractivity contribution in [3.63, 3.8) is 0 Å². The van der Waals surface area contributed by atoms with Crippen molar-refractivity contribution in [3.05, 3.63) is 34.7 Å². The molecule has 0 atom stereocenters. The Morgan fingerprint density at radius 2 is 2.14 bits per heavy atom. The van der Waals surface area contributed by atoms with Crippen molar-refractivity contribution in [2.75, 3.05) is 0 Å². The third-order valence-electron chi connectivity index (χ3n) is 2.86. The first kappa shape index (κ1) is 14.2. The van der Waals surface area contributed by atoms with Crippen molar-refractivity contribution >= 4 is 37.0 Å². The number of rotatable bonds is 4. The molecule has 0 saturated carbocycles. The lowest BCUT2D eigenvalue weighted by Crippen LogP contribution is -2.26. The lowest BCUT2D eigenvalue weighted by molar-refractivity contribution is 0.558. The summed E-state index contributed by atoms with van der Waals surface area (Å²) in [4.78, 5) is 7.36. The van der Waals surface area contributed by atoms with Gasteiger partial charge in [-0.3, -0.25) is 0 Å². The lowest BCUT2D eigenvalue weighted by Gasteiger charge is -2.04. The first-order valence-corrected chi connectivity index (χ1v) is 8.23. The van der Waals surface area contributed by atoms with Crippen LogP contribution in [0.2, 0.25) is 0 Å². The molecule has 0 bridgehead atoms. The second kappa shape index (κ2) is 5.20. The highest BCUT2D eigenvalue weighted by Gasteiger charge is 2.23. The summed E-state index contributed by atoms with van der Waals surface area (Å²) < 4.78 is 28.3. The Kier molecular flexibility index (Phi) is 3.51. The van der Waals surface area contributed by atoms with Crippen LogP contribution in [0.3, 0.4) is 0 Å². The lowest BCUT2D eigenvalue weighted by atomic mass is 10.3. The van der Waals surface area contributed by atoms with Crippen LogP contribution in [0.25, 0.3) is 11.0 Å². The Bertz CT molecular complexity index is 848. The Morgan fingerprint density at radius 1 is 1.38 bits per heavy atom. The van der Waals surface area contributed by atoms with Gasteiger partial charge in [-0.1, -0.05) is 17.3 Å². The zero-order valence-electron chi connectivity index (χ0n) is 10.9. The summed E-state index contributed by atoms with van der Waals surface area (Å²) in [6, 6.07) is 7.48. The molecule has 0 spiro atoms. The number of sulfonamides is 1. The molecule has 0 unspecified atom stereocenters. The molecule has 2 N–H and O–H groups in total. The van der Waals surface area contributed by atoms with Gasteiger partial charge in [0.2, 0.25) is 5.03 Å². The molecule has 0 aliphatic heterocycles. The number of imidazole rings is 1. The van der Waals surface area contributed by atoms with Gasteiger partial charge in [0.15, 0.2) is 4.60 Å². The van der Waals surface area contributed by atoms with Gasteiger partial charge in [-0.15, -0.1) is 5.10 Å². The maximum absolute atomic E-state index is 12.2. The van der Waals surface area contributed by atoms with E-state index in [4.69, 9.17) is 0 Å². The van der Waals surface area contributed by atoms with Crippen molar-refractivity contribution in [3.8, 4) is 0 Å². The van der Waals surface area contributed by atoms with Crippen LogP contribution in [0.15, 0.2) is 33.9 Å². The number of aryl methyl sites for hydroxylation is 1. The average Bonchev–Trinajstić information content (AvgIpc) is 3.00. The Labute approximate surface area is 128 Å². The van der Waals surface area contributed by atoms with E-state index in [9.17, 15) is 8.42 Å². The van der Waals surface area contributed by atoms with Crippen LogP contribution in [0.1, 0.15) is 5.82 Å². The van der Waals surface area contributed by atoms with Crippen LogP contribution >= 0.6 is 15.9 Å². The van der Waals surface area contributed by atoms with Crippen molar-refractivity contribution in [1.29, 1.82) is 0 Å². The fraction of sp³-hybridized carbons (Fsp3) is 0.182. The van der Waals surface area contributed by atoms with E-state index in [1.54, 1.807) is 0 Å². The second-order valence-corrected chi connectivity index (χ2v) is 6.77. The molecular formula is C11H11BrN6O2S. The number of aromatic nitrogens is 5. The van der Waals surface area contributed by atoms with Crippen LogP contribution in [0.4, 0.5) is 0 Å². The predicted octanol–water partition coefficient (Wildman–Crippen LogP) is 0.932. The minimum Gasteiger partial charge on any atom is -0.341 e. The fourth-order valence-corrected chi connectivity index (χ4v) is 4.01. The topological polar surface area (TPSA) is 106 Å². The van der Waals surface area contributed by atoms with Crippen LogP contribution in [0.5, 0.6) is 0 Å². The van der Waals surface area contributed by atoms with E-state index in [1.807, 2.05) is 24.3 Å². The van der Waals surface area contributed by atoms with Crippen molar-refractivity contribution in [2.45, 2.75) is 11.6 Å². The van der Waals surface area contributed by atoms with E-state index >= 15 is 0 Å². The molecule has 2 heterocycles. The summed E-state index contributed by atoms with van der Waals surface area (Å²) in [6.07, 6.45) is 0. The zero-order valence-corrected chi connectivity index (χ0v) is 13.3. The Balaban J connectivity index is 1.84. The highest BCUT2D eigenvalue weighted by atomic mass is 79.9. The summed E-state index contributed by atoms with van der Waals surface area (Å²) in [7, 11) is -2.23. The van der Waals surface area contributed by atoms with Gasteiger partial charge >= 0.3 is 0 Å². The number of hydrogen-bond acceptors (Lipinski definition) is 5. The molecule has 2 aromatic heterocycles. The van der Waals surface area contributed by atoms with Gasteiger partial charge in [0.05, 0.1) is 17.6 Å². The monoisotopic (exact) mass is 370 g/mol. The minimum absolute atomic E-state index is 0.0291. The highest BCUT2D eigenvalue weighted by molar-refractivity contribution is 9.10. The number of H-pyrrole nitrogens is 1. The van der Waals surface area contributed by atoms with Crippen LogP contribution in [-0.2, 0) is 23.6 Å². The van der Waals surface area contributed by atoms with Crippen LogP contribution < -0.4 is 4.72 Å². The van der Waals surface area contributed by atoms with Gasteiger partial charge in [-0.05, 0) is 28.1 Å². The number of benzene rings is 1. The first-order chi connectivity index (χ1) is 9.97. The quantitative estimate of drug-likeness (QED) is 0.710. The number of nitrogens with one attached hydrogen (secondary N) is 2. The van der Waals surface area contributed by atoms with E-state index in [0.29, 0.717) is 5.82 Å². The highest BCUT2D eigenvalue weighted by Crippen LogP contribution is 2.18. The van der Waals surface area contributed by atoms with Gasteiger partial charge < -0.3 is 4.98 Å².